The minimum Gasteiger partial charge on any atom is -0.317 e. The molecule has 1 aliphatic carbocycles. The van der Waals surface area contributed by atoms with Gasteiger partial charge < -0.3 is 5.32 Å². The van der Waals surface area contributed by atoms with Gasteiger partial charge in [-0.25, -0.2) is 0 Å². The molecule has 1 N–H and O–H groups in total. The predicted molar refractivity (Wildman–Crippen MR) is 92.7 cm³/mol. The van der Waals surface area contributed by atoms with Crippen molar-refractivity contribution in [1.82, 2.24) is 5.32 Å². The fraction of sp³-hybridized carbons (Fsp3) is 0.700. The largest absolute Gasteiger partial charge is 0.317 e. The lowest BCUT2D eigenvalue weighted by Crippen LogP contribution is -2.34. The minimum atomic E-state index is 0.871. The molecule has 0 aliphatic heterocycles. The monoisotopic (exact) mass is 287 g/mol. The van der Waals surface area contributed by atoms with Crippen LogP contribution in [0.2, 0.25) is 0 Å². The van der Waals surface area contributed by atoms with Crippen LogP contribution in [0.15, 0.2) is 24.3 Å². The third kappa shape index (κ3) is 5.14. The van der Waals surface area contributed by atoms with E-state index in [-0.39, 0.29) is 0 Å². The van der Waals surface area contributed by atoms with E-state index in [0.717, 1.165) is 24.3 Å². The van der Waals surface area contributed by atoms with Crippen molar-refractivity contribution < 1.29 is 0 Å². The van der Waals surface area contributed by atoms with Gasteiger partial charge in [0.15, 0.2) is 0 Å². The highest BCUT2D eigenvalue weighted by Crippen LogP contribution is 2.37. The minimum absolute atomic E-state index is 0.871. The van der Waals surface area contributed by atoms with E-state index in [2.05, 4.69) is 50.4 Å². The summed E-state index contributed by atoms with van der Waals surface area (Å²) in [5.74, 6) is 2.72. The zero-order chi connectivity index (χ0) is 15.1. The van der Waals surface area contributed by atoms with E-state index < -0.39 is 0 Å². The summed E-state index contributed by atoms with van der Waals surface area (Å²) in [6.07, 6.45) is 8.37. The first kappa shape index (κ1) is 16.5. The highest BCUT2D eigenvalue weighted by molar-refractivity contribution is 5.22. The summed E-state index contributed by atoms with van der Waals surface area (Å²) in [5, 5.41) is 3.59. The standard InChI is InChI=1S/C20H33N/c1-4-7-17-10-11-19(15-21-5-2)20(13-17)14-18-9-6-8-16(3)12-18/h6,8-9,12,17,19-21H,4-5,7,10-11,13-15H2,1-3H3. The SMILES string of the molecule is CCCC1CCC(CNCC)C(Cc2cccc(C)c2)C1. The summed E-state index contributed by atoms with van der Waals surface area (Å²) >= 11 is 0. The molecule has 0 spiro atoms. The topological polar surface area (TPSA) is 12.0 Å². The number of hydrogen-bond acceptors (Lipinski definition) is 1. The highest BCUT2D eigenvalue weighted by Gasteiger charge is 2.29. The quantitative estimate of drug-likeness (QED) is 0.746. The molecule has 118 valence electrons. The van der Waals surface area contributed by atoms with Crippen LogP contribution in [0.1, 0.15) is 57.1 Å². The number of hydrogen-bond donors (Lipinski definition) is 1. The molecule has 2 rings (SSSR count). The lowest BCUT2D eigenvalue weighted by atomic mass is 9.70. The van der Waals surface area contributed by atoms with Crippen molar-refractivity contribution in [2.24, 2.45) is 17.8 Å². The number of rotatable bonds is 7. The van der Waals surface area contributed by atoms with Gasteiger partial charge in [-0.05, 0) is 62.6 Å². The average Bonchev–Trinajstić information content (AvgIpc) is 2.47. The van der Waals surface area contributed by atoms with Gasteiger partial charge in [-0.3, -0.25) is 0 Å². The van der Waals surface area contributed by atoms with Crippen molar-refractivity contribution in [3.8, 4) is 0 Å². The Balaban J connectivity index is 2.01. The van der Waals surface area contributed by atoms with E-state index in [1.54, 1.807) is 5.56 Å². The zero-order valence-corrected chi connectivity index (χ0v) is 14.2. The lowest BCUT2D eigenvalue weighted by Gasteiger charge is -2.36. The van der Waals surface area contributed by atoms with Crippen LogP contribution in [0, 0.1) is 24.7 Å². The second-order valence-corrected chi connectivity index (χ2v) is 6.99. The Morgan fingerprint density at radius 2 is 2.00 bits per heavy atom. The molecule has 1 saturated carbocycles. The van der Waals surface area contributed by atoms with Gasteiger partial charge in [0.1, 0.15) is 0 Å². The molecule has 3 unspecified atom stereocenters. The van der Waals surface area contributed by atoms with Crippen molar-refractivity contribution in [2.75, 3.05) is 13.1 Å². The normalized spacial score (nSPS) is 26.0. The summed E-state index contributed by atoms with van der Waals surface area (Å²) in [6, 6.07) is 9.13. The van der Waals surface area contributed by atoms with Gasteiger partial charge in [-0.1, -0.05) is 62.9 Å². The van der Waals surface area contributed by atoms with E-state index in [1.165, 1.54) is 50.6 Å². The fourth-order valence-corrected chi connectivity index (χ4v) is 4.08. The number of nitrogens with one attached hydrogen (secondary N) is 1. The molecular formula is C20H33N. The maximum absolute atomic E-state index is 3.59. The van der Waals surface area contributed by atoms with Crippen molar-refractivity contribution in [3.05, 3.63) is 35.4 Å². The first-order chi connectivity index (χ1) is 10.2. The molecular weight excluding hydrogens is 254 g/mol. The van der Waals surface area contributed by atoms with Crippen molar-refractivity contribution >= 4 is 0 Å². The van der Waals surface area contributed by atoms with E-state index in [4.69, 9.17) is 0 Å². The Labute approximate surface area is 131 Å². The highest BCUT2D eigenvalue weighted by atomic mass is 14.8. The molecule has 1 fully saturated rings. The summed E-state index contributed by atoms with van der Waals surface area (Å²) in [5.41, 5.74) is 2.94. The van der Waals surface area contributed by atoms with Crippen LogP contribution in [0.25, 0.3) is 0 Å². The van der Waals surface area contributed by atoms with E-state index >= 15 is 0 Å². The van der Waals surface area contributed by atoms with Crippen LogP contribution in [0.3, 0.4) is 0 Å². The molecule has 0 aromatic heterocycles. The summed E-state index contributed by atoms with van der Waals surface area (Å²) in [6.45, 7) is 9.08. The molecule has 0 heterocycles. The molecule has 1 nitrogen and oxygen atoms in total. The molecule has 0 amide bonds. The third-order valence-electron chi connectivity index (χ3n) is 5.18. The Morgan fingerprint density at radius 1 is 1.14 bits per heavy atom. The predicted octanol–water partition coefficient (Wildman–Crippen LogP) is 4.98. The second kappa shape index (κ2) is 8.58. The van der Waals surface area contributed by atoms with Crippen LogP contribution in [0.5, 0.6) is 0 Å². The van der Waals surface area contributed by atoms with E-state index in [0.29, 0.717) is 0 Å². The summed E-state index contributed by atoms with van der Waals surface area (Å²) < 4.78 is 0. The van der Waals surface area contributed by atoms with E-state index in [9.17, 15) is 0 Å². The molecule has 0 radical (unpaired) electrons. The van der Waals surface area contributed by atoms with Gasteiger partial charge in [0.25, 0.3) is 0 Å². The van der Waals surface area contributed by atoms with Crippen molar-refractivity contribution in [1.29, 1.82) is 0 Å². The maximum Gasteiger partial charge on any atom is -0.00179 e. The Morgan fingerprint density at radius 3 is 2.71 bits per heavy atom. The van der Waals surface area contributed by atoms with Crippen LogP contribution in [0.4, 0.5) is 0 Å². The zero-order valence-electron chi connectivity index (χ0n) is 14.2. The van der Waals surface area contributed by atoms with Crippen LogP contribution < -0.4 is 5.32 Å². The van der Waals surface area contributed by atoms with Crippen LogP contribution >= 0.6 is 0 Å². The summed E-state index contributed by atoms with van der Waals surface area (Å²) in [7, 11) is 0. The summed E-state index contributed by atoms with van der Waals surface area (Å²) in [4.78, 5) is 0. The van der Waals surface area contributed by atoms with Gasteiger partial charge in [0, 0.05) is 0 Å². The van der Waals surface area contributed by atoms with Crippen molar-refractivity contribution in [3.63, 3.8) is 0 Å². The fourth-order valence-electron chi connectivity index (χ4n) is 4.08. The van der Waals surface area contributed by atoms with Gasteiger partial charge in [0.05, 0.1) is 0 Å². The lowest BCUT2D eigenvalue weighted by molar-refractivity contribution is 0.168. The molecule has 1 aromatic rings. The van der Waals surface area contributed by atoms with Gasteiger partial charge >= 0.3 is 0 Å². The molecule has 21 heavy (non-hydrogen) atoms. The average molecular weight is 287 g/mol. The van der Waals surface area contributed by atoms with Crippen LogP contribution in [-0.2, 0) is 6.42 Å². The molecule has 1 aromatic carbocycles. The molecule has 1 heteroatoms. The van der Waals surface area contributed by atoms with Gasteiger partial charge in [-0.15, -0.1) is 0 Å². The second-order valence-electron chi connectivity index (χ2n) is 6.99. The first-order valence-corrected chi connectivity index (χ1v) is 8.99. The van der Waals surface area contributed by atoms with Gasteiger partial charge in [0.2, 0.25) is 0 Å². The molecule has 3 atom stereocenters. The third-order valence-corrected chi connectivity index (χ3v) is 5.18. The Hall–Kier alpha value is -0.820. The molecule has 1 aliphatic rings. The molecule has 0 saturated heterocycles. The first-order valence-electron chi connectivity index (χ1n) is 8.99. The van der Waals surface area contributed by atoms with E-state index in [1.807, 2.05) is 0 Å². The Kier molecular flexibility index (Phi) is 6.76. The van der Waals surface area contributed by atoms with Crippen LogP contribution in [-0.4, -0.2) is 13.1 Å². The smallest absolute Gasteiger partial charge is 0.00179 e. The molecule has 0 bridgehead atoms. The van der Waals surface area contributed by atoms with Gasteiger partial charge in [-0.2, -0.15) is 0 Å². The number of benzene rings is 1. The van der Waals surface area contributed by atoms with Crippen molar-refractivity contribution in [2.45, 2.75) is 59.3 Å². The maximum atomic E-state index is 3.59. The number of aryl methyl sites for hydroxylation is 1. The Bertz CT molecular complexity index is 412.